The number of aromatic nitrogens is 1. The molecule has 2 fully saturated rings. The standard InChI is InChI=1S/C14H21N3O2.2ClH/c1-10-13(19-9-16-10)14(18)17-7-4-11(5-8-17)12-3-2-6-15-12;;/h9,11-12,15H,2-8H2,1H3;2*1H. The van der Waals surface area contributed by atoms with Crippen LogP contribution in [0.15, 0.2) is 10.8 Å². The summed E-state index contributed by atoms with van der Waals surface area (Å²) in [7, 11) is 0. The number of hydrogen-bond acceptors (Lipinski definition) is 4. The van der Waals surface area contributed by atoms with Gasteiger partial charge in [-0.2, -0.15) is 0 Å². The van der Waals surface area contributed by atoms with Crippen molar-refractivity contribution in [1.29, 1.82) is 0 Å². The summed E-state index contributed by atoms with van der Waals surface area (Å²) in [5, 5.41) is 3.58. The van der Waals surface area contributed by atoms with Crippen LogP contribution in [0.1, 0.15) is 41.9 Å². The fraction of sp³-hybridized carbons (Fsp3) is 0.714. The van der Waals surface area contributed by atoms with Crippen LogP contribution in [-0.2, 0) is 0 Å². The molecule has 1 amide bonds. The van der Waals surface area contributed by atoms with Crippen LogP contribution < -0.4 is 5.32 Å². The van der Waals surface area contributed by atoms with Gasteiger partial charge in [-0.3, -0.25) is 4.79 Å². The molecular formula is C14H23Cl2N3O2. The minimum atomic E-state index is -0.00664. The van der Waals surface area contributed by atoms with Crippen molar-refractivity contribution in [1.82, 2.24) is 15.2 Å². The fourth-order valence-corrected chi connectivity index (χ4v) is 3.27. The smallest absolute Gasteiger partial charge is 0.291 e. The number of hydrogen-bond donors (Lipinski definition) is 1. The molecular weight excluding hydrogens is 313 g/mol. The van der Waals surface area contributed by atoms with Crippen molar-refractivity contribution in [2.24, 2.45) is 5.92 Å². The molecule has 0 spiro atoms. The molecule has 2 aliphatic heterocycles. The number of piperidine rings is 1. The molecule has 2 aliphatic rings. The topological polar surface area (TPSA) is 58.4 Å². The summed E-state index contributed by atoms with van der Waals surface area (Å²) in [5.41, 5.74) is 0.685. The summed E-state index contributed by atoms with van der Waals surface area (Å²) >= 11 is 0. The van der Waals surface area contributed by atoms with Gasteiger partial charge in [-0.25, -0.2) is 4.98 Å². The third kappa shape index (κ3) is 3.90. The molecule has 0 bridgehead atoms. The van der Waals surface area contributed by atoms with E-state index in [0.29, 0.717) is 17.5 Å². The molecule has 3 heterocycles. The number of nitrogens with zero attached hydrogens (tertiary/aromatic N) is 2. The second-order valence-corrected chi connectivity index (χ2v) is 5.60. The predicted octanol–water partition coefficient (Wildman–Crippen LogP) is 2.43. The van der Waals surface area contributed by atoms with Crippen molar-refractivity contribution < 1.29 is 9.21 Å². The second-order valence-electron chi connectivity index (χ2n) is 5.60. The lowest BCUT2D eigenvalue weighted by Gasteiger charge is -2.34. The van der Waals surface area contributed by atoms with E-state index in [1.807, 2.05) is 11.8 Å². The van der Waals surface area contributed by atoms with Gasteiger partial charge in [0, 0.05) is 19.1 Å². The van der Waals surface area contributed by atoms with Crippen molar-refractivity contribution in [3.63, 3.8) is 0 Å². The number of halogens is 2. The Hall–Kier alpha value is -0.780. The van der Waals surface area contributed by atoms with E-state index in [4.69, 9.17) is 4.42 Å². The quantitative estimate of drug-likeness (QED) is 0.901. The number of nitrogens with one attached hydrogen (secondary N) is 1. The number of carbonyl (C=O) groups is 1. The zero-order valence-corrected chi connectivity index (χ0v) is 13.8. The summed E-state index contributed by atoms with van der Waals surface area (Å²) < 4.78 is 5.19. The van der Waals surface area contributed by atoms with Crippen LogP contribution in [0.25, 0.3) is 0 Å². The van der Waals surface area contributed by atoms with E-state index in [1.165, 1.54) is 19.2 Å². The van der Waals surface area contributed by atoms with E-state index in [-0.39, 0.29) is 30.7 Å². The molecule has 1 aromatic heterocycles. The molecule has 2 saturated heterocycles. The molecule has 5 nitrogen and oxygen atoms in total. The monoisotopic (exact) mass is 335 g/mol. The minimum absolute atomic E-state index is 0. The number of carbonyl (C=O) groups excluding carboxylic acids is 1. The summed E-state index contributed by atoms with van der Waals surface area (Å²) in [5.74, 6) is 1.12. The zero-order valence-electron chi connectivity index (χ0n) is 12.2. The van der Waals surface area contributed by atoms with Gasteiger partial charge in [-0.1, -0.05) is 0 Å². The molecule has 120 valence electrons. The number of rotatable bonds is 2. The molecule has 21 heavy (non-hydrogen) atoms. The first-order chi connectivity index (χ1) is 9.25. The van der Waals surface area contributed by atoms with Gasteiger partial charge in [0.1, 0.15) is 0 Å². The fourth-order valence-electron chi connectivity index (χ4n) is 3.27. The summed E-state index contributed by atoms with van der Waals surface area (Å²) in [4.78, 5) is 18.2. The Bertz CT molecular complexity index is 453. The largest absolute Gasteiger partial charge is 0.438 e. The third-order valence-electron chi connectivity index (χ3n) is 4.43. The maximum atomic E-state index is 12.3. The SMILES string of the molecule is Cc1ncoc1C(=O)N1CCC(C2CCCN2)CC1.Cl.Cl. The molecule has 7 heteroatoms. The molecule has 1 N–H and O–H groups in total. The van der Waals surface area contributed by atoms with E-state index in [2.05, 4.69) is 10.3 Å². The first kappa shape index (κ1) is 18.3. The minimum Gasteiger partial charge on any atom is -0.438 e. The van der Waals surface area contributed by atoms with Crippen LogP contribution in [0, 0.1) is 12.8 Å². The first-order valence-electron chi connectivity index (χ1n) is 7.18. The Morgan fingerprint density at radius 3 is 2.57 bits per heavy atom. The highest BCUT2D eigenvalue weighted by atomic mass is 35.5. The average Bonchev–Trinajstić information content (AvgIpc) is 3.09. The van der Waals surface area contributed by atoms with Crippen LogP contribution >= 0.6 is 24.8 Å². The maximum Gasteiger partial charge on any atom is 0.291 e. The predicted molar refractivity (Wildman–Crippen MR) is 85.4 cm³/mol. The van der Waals surface area contributed by atoms with Crippen molar-refractivity contribution in [2.75, 3.05) is 19.6 Å². The van der Waals surface area contributed by atoms with Gasteiger partial charge in [-0.15, -0.1) is 24.8 Å². The van der Waals surface area contributed by atoms with Gasteiger partial charge >= 0.3 is 0 Å². The van der Waals surface area contributed by atoms with Gasteiger partial charge in [0.25, 0.3) is 5.91 Å². The van der Waals surface area contributed by atoms with Crippen molar-refractivity contribution in [3.8, 4) is 0 Å². The van der Waals surface area contributed by atoms with Gasteiger partial charge in [0.05, 0.1) is 5.69 Å². The van der Waals surface area contributed by atoms with E-state index >= 15 is 0 Å². The average molecular weight is 336 g/mol. The number of aryl methyl sites for hydroxylation is 1. The molecule has 0 aromatic carbocycles. The van der Waals surface area contributed by atoms with E-state index in [1.54, 1.807) is 0 Å². The van der Waals surface area contributed by atoms with Crippen molar-refractivity contribution in [2.45, 2.75) is 38.6 Å². The molecule has 0 aliphatic carbocycles. The Balaban J connectivity index is 0.00000110. The molecule has 3 rings (SSSR count). The molecule has 1 unspecified atom stereocenters. The van der Waals surface area contributed by atoms with E-state index < -0.39 is 0 Å². The Labute approximate surface area is 137 Å². The first-order valence-corrected chi connectivity index (χ1v) is 7.18. The van der Waals surface area contributed by atoms with Crippen LogP contribution in [0.2, 0.25) is 0 Å². The molecule has 0 saturated carbocycles. The van der Waals surface area contributed by atoms with Gasteiger partial charge in [0.2, 0.25) is 5.76 Å². The van der Waals surface area contributed by atoms with Crippen LogP contribution in [0.5, 0.6) is 0 Å². The van der Waals surface area contributed by atoms with Gasteiger partial charge < -0.3 is 14.6 Å². The van der Waals surface area contributed by atoms with Crippen LogP contribution in [0.4, 0.5) is 0 Å². The van der Waals surface area contributed by atoms with Crippen LogP contribution in [0.3, 0.4) is 0 Å². The lowest BCUT2D eigenvalue weighted by molar-refractivity contribution is 0.0641. The van der Waals surface area contributed by atoms with Crippen LogP contribution in [-0.4, -0.2) is 41.5 Å². The summed E-state index contributed by atoms with van der Waals surface area (Å²) in [6.45, 7) is 4.64. The molecule has 1 aromatic rings. The Morgan fingerprint density at radius 1 is 1.33 bits per heavy atom. The summed E-state index contributed by atoms with van der Waals surface area (Å²) in [6, 6.07) is 0.671. The Morgan fingerprint density at radius 2 is 2.05 bits per heavy atom. The number of likely N-dealkylation sites (tertiary alicyclic amines) is 1. The lowest BCUT2D eigenvalue weighted by Crippen LogP contribution is -2.43. The highest BCUT2D eigenvalue weighted by molar-refractivity contribution is 5.92. The van der Waals surface area contributed by atoms with E-state index in [9.17, 15) is 4.79 Å². The normalized spacial score (nSPS) is 22.5. The molecule has 0 radical (unpaired) electrons. The zero-order chi connectivity index (χ0) is 13.2. The highest BCUT2D eigenvalue weighted by Crippen LogP contribution is 2.26. The highest BCUT2D eigenvalue weighted by Gasteiger charge is 2.31. The van der Waals surface area contributed by atoms with Gasteiger partial charge in [0.15, 0.2) is 6.39 Å². The lowest BCUT2D eigenvalue weighted by atomic mass is 9.88. The second kappa shape index (κ2) is 8.01. The third-order valence-corrected chi connectivity index (χ3v) is 4.43. The Kier molecular flexibility index (Phi) is 6.97. The van der Waals surface area contributed by atoms with E-state index in [0.717, 1.165) is 38.4 Å². The number of oxazole rings is 1. The van der Waals surface area contributed by atoms with Crippen molar-refractivity contribution >= 4 is 30.7 Å². The maximum absolute atomic E-state index is 12.3. The summed E-state index contributed by atoms with van der Waals surface area (Å²) in [6.07, 6.45) is 6.12. The van der Waals surface area contributed by atoms with Gasteiger partial charge in [-0.05, 0) is 45.1 Å². The molecule has 1 atom stereocenters. The van der Waals surface area contributed by atoms with Crippen molar-refractivity contribution in [3.05, 3.63) is 17.8 Å². The number of amides is 1.